The molecule has 0 bridgehead atoms. The number of hydrogen-bond donors (Lipinski definition) is 1. The number of carbonyl (C=O) groups is 1. The molecule has 1 rings (SSSR count). The van der Waals surface area contributed by atoms with Gasteiger partial charge in [-0.3, -0.25) is 4.79 Å². The van der Waals surface area contributed by atoms with Crippen LogP contribution in [-0.4, -0.2) is 37.1 Å². The summed E-state index contributed by atoms with van der Waals surface area (Å²) in [4.78, 5) is 13.8. The summed E-state index contributed by atoms with van der Waals surface area (Å²) in [5, 5.41) is 0. The second kappa shape index (κ2) is 8.92. The van der Waals surface area contributed by atoms with Gasteiger partial charge >= 0.3 is 0 Å². The van der Waals surface area contributed by atoms with E-state index in [4.69, 9.17) is 10.5 Å². The zero-order valence-electron chi connectivity index (χ0n) is 12.0. The van der Waals surface area contributed by atoms with E-state index in [2.05, 4.69) is 22.5 Å². The smallest absolute Gasteiger partial charge is 0.225 e. The molecule has 116 valence electrons. The molecule has 0 radical (unpaired) electrons. The molecule has 0 fully saturated rings. The molecule has 0 aliphatic heterocycles. The van der Waals surface area contributed by atoms with Crippen molar-refractivity contribution in [3.8, 4) is 0 Å². The summed E-state index contributed by atoms with van der Waals surface area (Å²) in [5.41, 5.74) is 5.97. The van der Waals surface area contributed by atoms with Crippen LogP contribution < -0.4 is 5.73 Å². The topological polar surface area (TPSA) is 55.6 Å². The molecule has 4 nitrogen and oxygen atoms in total. The number of ether oxygens (including phenoxy) is 1. The molecule has 0 aromatic heterocycles. The Bertz CT molecular complexity index is 493. The zero-order chi connectivity index (χ0) is 15.8. The minimum Gasteiger partial charge on any atom is -0.380 e. The van der Waals surface area contributed by atoms with Crippen molar-refractivity contribution in [2.45, 2.75) is 19.1 Å². The monoisotopic (exact) mass is 358 g/mol. The van der Waals surface area contributed by atoms with Crippen molar-refractivity contribution >= 4 is 21.8 Å². The molecule has 21 heavy (non-hydrogen) atoms. The minimum atomic E-state index is -0.345. The third-order valence-corrected chi connectivity index (χ3v) is 3.56. The first-order valence-electron chi connectivity index (χ1n) is 6.57. The van der Waals surface area contributed by atoms with Crippen molar-refractivity contribution in [3.05, 3.63) is 46.7 Å². The molecule has 0 saturated heterocycles. The number of rotatable bonds is 8. The molecule has 0 heterocycles. The molecule has 0 saturated carbocycles. The van der Waals surface area contributed by atoms with E-state index in [1.165, 1.54) is 18.1 Å². The number of amides is 1. The van der Waals surface area contributed by atoms with Crippen molar-refractivity contribution in [3.63, 3.8) is 0 Å². The first-order valence-corrected chi connectivity index (χ1v) is 7.36. The van der Waals surface area contributed by atoms with Gasteiger partial charge in [0.05, 0.1) is 12.5 Å². The summed E-state index contributed by atoms with van der Waals surface area (Å²) >= 11 is 3.30. The first-order chi connectivity index (χ1) is 10.0. The number of benzene rings is 1. The molecule has 0 aliphatic rings. The van der Waals surface area contributed by atoms with Gasteiger partial charge in [0.15, 0.2) is 0 Å². The van der Waals surface area contributed by atoms with Gasteiger partial charge in [-0.05, 0) is 18.2 Å². The maximum absolute atomic E-state index is 13.8. The van der Waals surface area contributed by atoms with E-state index in [0.29, 0.717) is 12.1 Å². The van der Waals surface area contributed by atoms with Crippen molar-refractivity contribution in [1.29, 1.82) is 0 Å². The number of methoxy groups -OCH3 is 1. The molecule has 2 N–H and O–H groups in total. The van der Waals surface area contributed by atoms with Crippen LogP contribution in [-0.2, 0) is 16.1 Å². The summed E-state index contributed by atoms with van der Waals surface area (Å²) in [5.74, 6) is -0.492. The molecule has 0 aliphatic carbocycles. The van der Waals surface area contributed by atoms with Crippen LogP contribution >= 0.6 is 15.9 Å². The average molecular weight is 359 g/mol. The van der Waals surface area contributed by atoms with Gasteiger partial charge < -0.3 is 15.4 Å². The maximum Gasteiger partial charge on any atom is 0.225 e. The second-order valence-corrected chi connectivity index (χ2v) is 5.51. The highest BCUT2D eigenvalue weighted by atomic mass is 79.9. The SMILES string of the molecule is C=CCN(Cc1cc(Br)ccc1F)C(=O)CC(CN)OC. The third kappa shape index (κ3) is 5.57. The standard InChI is InChI=1S/C15H20BrFN2O2/c1-3-6-19(15(20)8-13(9-18)21-2)10-11-7-12(16)4-5-14(11)17/h3-5,7,13H,1,6,8-10,18H2,2H3. The van der Waals surface area contributed by atoms with E-state index in [-0.39, 0.29) is 37.3 Å². The first kappa shape index (κ1) is 17.8. The maximum atomic E-state index is 13.8. The Hall–Kier alpha value is -1.24. The molecular formula is C15H20BrFN2O2. The Kier molecular flexibility index (Phi) is 7.56. The van der Waals surface area contributed by atoms with E-state index in [1.54, 1.807) is 18.2 Å². The van der Waals surface area contributed by atoms with Gasteiger partial charge in [-0.1, -0.05) is 22.0 Å². The molecule has 1 aromatic carbocycles. The lowest BCUT2D eigenvalue weighted by atomic mass is 10.1. The number of nitrogens with zero attached hydrogens (tertiary/aromatic N) is 1. The highest BCUT2D eigenvalue weighted by Gasteiger charge is 2.19. The van der Waals surface area contributed by atoms with Gasteiger partial charge in [-0.15, -0.1) is 6.58 Å². The molecule has 1 atom stereocenters. The number of carbonyl (C=O) groups excluding carboxylic acids is 1. The minimum absolute atomic E-state index is 0.147. The van der Waals surface area contributed by atoms with Crippen molar-refractivity contribution in [2.24, 2.45) is 5.73 Å². The van der Waals surface area contributed by atoms with Crippen molar-refractivity contribution in [1.82, 2.24) is 4.90 Å². The van der Waals surface area contributed by atoms with Gasteiger partial charge in [0.25, 0.3) is 0 Å². The van der Waals surface area contributed by atoms with Gasteiger partial charge in [0.1, 0.15) is 5.82 Å². The Morgan fingerprint density at radius 3 is 2.90 bits per heavy atom. The van der Waals surface area contributed by atoms with Crippen LogP contribution in [0.2, 0.25) is 0 Å². The van der Waals surface area contributed by atoms with E-state index in [9.17, 15) is 9.18 Å². The molecule has 1 unspecified atom stereocenters. The molecular weight excluding hydrogens is 339 g/mol. The van der Waals surface area contributed by atoms with Crippen LogP contribution in [0.15, 0.2) is 35.3 Å². The van der Waals surface area contributed by atoms with Crippen LogP contribution in [0.4, 0.5) is 4.39 Å². The lowest BCUT2D eigenvalue weighted by Crippen LogP contribution is -2.36. The van der Waals surface area contributed by atoms with Gasteiger partial charge in [-0.2, -0.15) is 0 Å². The predicted molar refractivity (Wildman–Crippen MR) is 84.2 cm³/mol. The fraction of sp³-hybridized carbons (Fsp3) is 0.400. The molecule has 0 spiro atoms. The van der Waals surface area contributed by atoms with Gasteiger partial charge in [0, 0.05) is 36.8 Å². The normalized spacial score (nSPS) is 12.0. The van der Waals surface area contributed by atoms with E-state index >= 15 is 0 Å². The van der Waals surface area contributed by atoms with E-state index in [1.807, 2.05) is 0 Å². The lowest BCUT2D eigenvalue weighted by molar-refractivity contribution is -0.133. The van der Waals surface area contributed by atoms with E-state index < -0.39 is 0 Å². The quantitative estimate of drug-likeness (QED) is 0.726. The van der Waals surface area contributed by atoms with Crippen molar-refractivity contribution in [2.75, 3.05) is 20.2 Å². The van der Waals surface area contributed by atoms with Gasteiger partial charge in [-0.25, -0.2) is 4.39 Å². The fourth-order valence-electron chi connectivity index (χ4n) is 1.87. The number of nitrogens with two attached hydrogens (primary N) is 1. The number of hydrogen-bond acceptors (Lipinski definition) is 3. The van der Waals surface area contributed by atoms with Gasteiger partial charge in [0.2, 0.25) is 5.91 Å². The predicted octanol–water partition coefficient (Wildman–Crippen LogP) is 2.47. The zero-order valence-corrected chi connectivity index (χ0v) is 13.6. The van der Waals surface area contributed by atoms with Crippen LogP contribution in [0.3, 0.4) is 0 Å². The highest BCUT2D eigenvalue weighted by molar-refractivity contribution is 9.10. The second-order valence-electron chi connectivity index (χ2n) is 4.60. The van der Waals surface area contributed by atoms with Crippen LogP contribution in [0.5, 0.6) is 0 Å². The molecule has 1 aromatic rings. The average Bonchev–Trinajstić information content (AvgIpc) is 2.47. The Balaban J connectivity index is 2.83. The van der Waals surface area contributed by atoms with Crippen LogP contribution in [0, 0.1) is 5.82 Å². The summed E-state index contributed by atoms with van der Waals surface area (Å²) in [6.45, 7) is 4.41. The van der Waals surface area contributed by atoms with Crippen LogP contribution in [0.1, 0.15) is 12.0 Å². The summed E-state index contributed by atoms with van der Waals surface area (Å²) in [6.07, 6.45) is 1.44. The molecule has 6 heteroatoms. The highest BCUT2D eigenvalue weighted by Crippen LogP contribution is 2.18. The summed E-state index contributed by atoms with van der Waals surface area (Å²) < 4.78 is 19.7. The fourth-order valence-corrected chi connectivity index (χ4v) is 2.28. The Morgan fingerprint density at radius 2 is 2.33 bits per heavy atom. The Morgan fingerprint density at radius 1 is 1.62 bits per heavy atom. The summed E-state index contributed by atoms with van der Waals surface area (Å²) in [6, 6.07) is 4.65. The lowest BCUT2D eigenvalue weighted by Gasteiger charge is -2.23. The van der Waals surface area contributed by atoms with Crippen LogP contribution in [0.25, 0.3) is 0 Å². The molecule has 1 amide bonds. The number of halogens is 2. The van der Waals surface area contributed by atoms with Crippen molar-refractivity contribution < 1.29 is 13.9 Å². The van der Waals surface area contributed by atoms with E-state index in [0.717, 1.165) is 4.47 Å². The Labute approximate surface area is 132 Å². The summed E-state index contributed by atoms with van der Waals surface area (Å²) in [7, 11) is 1.51. The third-order valence-electron chi connectivity index (χ3n) is 3.07. The largest absolute Gasteiger partial charge is 0.380 e.